The number of nitrogens with zero attached hydrogens (tertiary/aromatic N) is 1. The molecule has 1 aromatic heterocycles. The molecule has 3 aromatic rings. The van der Waals surface area contributed by atoms with E-state index >= 15 is 0 Å². The van der Waals surface area contributed by atoms with Crippen molar-refractivity contribution in [1.82, 2.24) is 15.6 Å². The van der Waals surface area contributed by atoms with Crippen LogP contribution in [-0.4, -0.2) is 33.0 Å². The topological polar surface area (TPSA) is 129 Å². The molecule has 0 saturated heterocycles. The van der Waals surface area contributed by atoms with Gasteiger partial charge < -0.3 is 20.8 Å². The molecule has 0 aliphatic rings. The third-order valence-corrected chi connectivity index (χ3v) is 5.47. The number of carboxylic acids is 1. The second-order valence-electron chi connectivity index (χ2n) is 6.38. The summed E-state index contributed by atoms with van der Waals surface area (Å²) in [5, 5.41) is 23.8. The van der Waals surface area contributed by atoms with E-state index in [-0.39, 0.29) is 38.6 Å². The SMILES string of the molecule is O=C(O)/C(=C/c1cnc(Cl)s1)NC(=O)c1ccc(C(=O)NCc2cccc(O)c2)cc1Cl. The molecule has 2 amide bonds. The monoisotopic (exact) mass is 491 g/mol. The largest absolute Gasteiger partial charge is 0.508 e. The lowest BCUT2D eigenvalue weighted by atomic mass is 10.1. The van der Waals surface area contributed by atoms with Crippen LogP contribution in [0.5, 0.6) is 5.75 Å². The number of aromatic nitrogens is 1. The van der Waals surface area contributed by atoms with Crippen molar-refractivity contribution in [2.45, 2.75) is 6.54 Å². The molecule has 2 aromatic carbocycles. The molecule has 4 N–H and O–H groups in total. The fourth-order valence-electron chi connectivity index (χ4n) is 2.61. The summed E-state index contributed by atoms with van der Waals surface area (Å²) in [6.07, 6.45) is 2.60. The van der Waals surface area contributed by atoms with Crippen LogP contribution in [0, 0.1) is 0 Å². The van der Waals surface area contributed by atoms with Crippen molar-refractivity contribution in [3.05, 3.63) is 85.4 Å². The number of amides is 2. The zero-order valence-electron chi connectivity index (χ0n) is 16.1. The summed E-state index contributed by atoms with van der Waals surface area (Å²) in [6.45, 7) is 0.182. The average Bonchev–Trinajstić information content (AvgIpc) is 3.16. The van der Waals surface area contributed by atoms with Crippen molar-refractivity contribution in [2.75, 3.05) is 0 Å². The van der Waals surface area contributed by atoms with E-state index in [1.54, 1.807) is 12.1 Å². The first-order valence-corrected chi connectivity index (χ1v) is 10.5. The molecule has 0 bridgehead atoms. The number of hydrogen-bond acceptors (Lipinski definition) is 6. The predicted molar refractivity (Wildman–Crippen MR) is 121 cm³/mol. The number of benzene rings is 2. The van der Waals surface area contributed by atoms with E-state index in [0.29, 0.717) is 10.4 Å². The first-order valence-electron chi connectivity index (χ1n) is 8.96. The Kier molecular flexibility index (Phi) is 7.47. The van der Waals surface area contributed by atoms with E-state index in [0.717, 1.165) is 11.3 Å². The van der Waals surface area contributed by atoms with Gasteiger partial charge in [0, 0.05) is 18.3 Å². The second-order valence-corrected chi connectivity index (χ2v) is 8.43. The molecule has 0 fully saturated rings. The van der Waals surface area contributed by atoms with Crippen molar-refractivity contribution in [3.8, 4) is 5.75 Å². The third kappa shape index (κ3) is 6.07. The molecule has 0 radical (unpaired) electrons. The van der Waals surface area contributed by atoms with Crippen LogP contribution in [0.2, 0.25) is 9.49 Å². The smallest absolute Gasteiger partial charge is 0.352 e. The molecule has 8 nitrogen and oxygen atoms in total. The lowest BCUT2D eigenvalue weighted by molar-refractivity contribution is -0.132. The molecular weight excluding hydrogens is 477 g/mol. The maximum absolute atomic E-state index is 12.5. The summed E-state index contributed by atoms with van der Waals surface area (Å²) in [7, 11) is 0. The van der Waals surface area contributed by atoms with E-state index < -0.39 is 17.8 Å². The van der Waals surface area contributed by atoms with E-state index in [1.807, 2.05) is 0 Å². The molecular formula is C21H15Cl2N3O5S. The van der Waals surface area contributed by atoms with Gasteiger partial charge in [-0.1, -0.05) is 35.3 Å². The normalized spacial score (nSPS) is 11.1. The number of phenolic OH excluding ortho intramolecular Hbond substituents is 1. The van der Waals surface area contributed by atoms with Crippen LogP contribution >= 0.6 is 34.5 Å². The summed E-state index contributed by atoms with van der Waals surface area (Å²) in [5.74, 6) is -2.47. The Morgan fingerprint density at radius 2 is 1.88 bits per heavy atom. The Morgan fingerprint density at radius 3 is 2.50 bits per heavy atom. The van der Waals surface area contributed by atoms with Gasteiger partial charge in [0.2, 0.25) is 0 Å². The molecule has 0 spiro atoms. The number of thiazole rings is 1. The molecule has 0 unspecified atom stereocenters. The minimum absolute atomic E-state index is 0.00862. The minimum Gasteiger partial charge on any atom is -0.508 e. The van der Waals surface area contributed by atoms with Gasteiger partial charge in [-0.3, -0.25) is 9.59 Å². The fraction of sp³-hybridized carbons (Fsp3) is 0.0476. The van der Waals surface area contributed by atoms with Gasteiger partial charge in [-0.25, -0.2) is 9.78 Å². The Hall–Kier alpha value is -3.40. The van der Waals surface area contributed by atoms with E-state index in [4.69, 9.17) is 23.2 Å². The van der Waals surface area contributed by atoms with Crippen molar-refractivity contribution in [1.29, 1.82) is 0 Å². The zero-order chi connectivity index (χ0) is 23.3. The van der Waals surface area contributed by atoms with E-state index in [2.05, 4.69) is 15.6 Å². The number of nitrogens with one attached hydrogen (secondary N) is 2. The number of halogens is 2. The van der Waals surface area contributed by atoms with Crippen LogP contribution in [0.4, 0.5) is 0 Å². The van der Waals surface area contributed by atoms with Gasteiger partial charge in [-0.05, 0) is 42.0 Å². The number of phenols is 1. The van der Waals surface area contributed by atoms with Crippen molar-refractivity contribution < 1.29 is 24.6 Å². The molecule has 11 heteroatoms. The molecule has 0 aliphatic carbocycles. The number of carbonyl (C=O) groups is 3. The maximum Gasteiger partial charge on any atom is 0.352 e. The van der Waals surface area contributed by atoms with Gasteiger partial charge in [0.05, 0.1) is 15.5 Å². The lowest BCUT2D eigenvalue weighted by Crippen LogP contribution is -2.28. The highest BCUT2D eigenvalue weighted by Gasteiger charge is 2.18. The predicted octanol–water partition coefficient (Wildman–Crippen LogP) is 3.94. The highest BCUT2D eigenvalue weighted by atomic mass is 35.5. The molecule has 164 valence electrons. The van der Waals surface area contributed by atoms with Gasteiger partial charge >= 0.3 is 5.97 Å². The number of rotatable bonds is 7. The van der Waals surface area contributed by atoms with Crippen LogP contribution in [-0.2, 0) is 11.3 Å². The van der Waals surface area contributed by atoms with Crippen LogP contribution < -0.4 is 10.6 Å². The van der Waals surface area contributed by atoms with Gasteiger partial charge in [0.15, 0.2) is 4.47 Å². The highest BCUT2D eigenvalue weighted by Crippen LogP contribution is 2.21. The number of carboxylic acid groups (broad SMARTS) is 1. The summed E-state index contributed by atoms with van der Waals surface area (Å²) in [5.41, 5.74) is 0.515. The number of hydrogen-bond donors (Lipinski definition) is 4. The number of aliphatic carboxylic acids is 1. The van der Waals surface area contributed by atoms with Gasteiger partial charge in [-0.15, -0.1) is 11.3 Å². The standard InChI is InChI=1S/C21H15Cl2N3O5S/c22-16-7-12(18(28)24-9-11-2-1-3-13(27)6-11)4-5-15(16)19(29)26-17(20(30)31)8-14-10-25-21(23)32-14/h1-8,10,27H,9H2,(H,24,28)(H,26,29)(H,30,31)/b17-8-. The first-order chi connectivity index (χ1) is 15.2. The van der Waals surface area contributed by atoms with Crippen molar-refractivity contribution >= 4 is 58.4 Å². The van der Waals surface area contributed by atoms with Gasteiger partial charge in [-0.2, -0.15) is 0 Å². The zero-order valence-corrected chi connectivity index (χ0v) is 18.5. The lowest BCUT2D eigenvalue weighted by Gasteiger charge is -2.10. The quantitative estimate of drug-likeness (QED) is 0.370. The van der Waals surface area contributed by atoms with Crippen LogP contribution in [0.3, 0.4) is 0 Å². The molecule has 0 atom stereocenters. The Morgan fingerprint density at radius 1 is 1.09 bits per heavy atom. The minimum atomic E-state index is -1.36. The Balaban J connectivity index is 1.70. The molecule has 32 heavy (non-hydrogen) atoms. The Bertz CT molecular complexity index is 1230. The summed E-state index contributed by atoms with van der Waals surface area (Å²) in [4.78, 5) is 40.6. The Labute approximate surface area is 196 Å². The second kappa shape index (κ2) is 10.3. The molecule has 3 rings (SSSR count). The van der Waals surface area contributed by atoms with Crippen LogP contribution in [0.25, 0.3) is 6.08 Å². The first kappa shape index (κ1) is 23.3. The highest BCUT2D eigenvalue weighted by molar-refractivity contribution is 7.16. The van der Waals surface area contributed by atoms with Crippen LogP contribution in [0.15, 0.2) is 54.4 Å². The van der Waals surface area contributed by atoms with E-state index in [1.165, 1.54) is 42.6 Å². The third-order valence-electron chi connectivity index (χ3n) is 4.10. The summed E-state index contributed by atoms with van der Waals surface area (Å²) >= 11 is 12.9. The van der Waals surface area contributed by atoms with Crippen molar-refractivity contribution in [3.63, 3.8) is 0 Å². The van der Waals surface area contributed by atoms with Crippen molar-refractivity contribution in [2.24, 2.45) is 0 Å². The van der Waals surface area contributed by atoms with E-state index in [9.17, 15) is 24.6 Å². The summed E-state index contributed by atoms with van der Waals surface area (Å²) < 4.78 is 0.230. The number of carbonyl (C=O) groups excluding carboxylic acids is 2. The molecule has 0 saturated carbocycles. The average molecular weight is 492 g/mol. The number of aromatic hydroxyl groups is 1. The maximum atomic E-state index is 12.5. The van der Waals surface area contributed by atoms with Gasteiger partial charge in [0.1, 0.15) is 11.4 Å². The molecule has 0 aliphatic heterocycles. The summed E-state index contributed by atoms with van der Waals surface area (Å²) in [6, 6.07) is 10.5. The van der Waals surface area contributed by atoms with Crippen LogP contribution in [0.1, 0.15) is 31.2 Å². The molecule has 1 heterocycles. The fourth-order valence-corrected chi connectivity index (χ4v) is 3.77. The van der Waals surface area contributed by atoms with Gasteiger partial charge in [0.25, 0.3) is 11.8 Å².